The summed E-state index contributed by atoms with van der Waals surface area (Å²) >= 11 is 6.19. The molecule has 1 amide bonds. The van der Waals surface area contributed by atoms with Gasteiger partial charge in [-0.1, -0.05) is 29.8 Å². The Morgan fingerprint density at radius 2 is 2.12 bits per heavy atom. The predicted molar refractivity (Wildman–Crippen MR) is 114 cm³/mol. The molecular formula is C17H22ClIN6O. The van der Waals surface area contributed by atoms with Gasteiger partial charge in [-0.2, -0.15) is 5.10 Å². The molecule has 1 aromatic heterocycles. The minimum Gasteiger partial charge on any atom is -0.352 e. The molecule has 0 atom stereocenters. The van der Waals surface area contributed by atoms with Gasteiger partial charge in [-0.3, -0.25) is 14.5 Å². The van der Waals surface area contributed by atoms with Crippen LogP contribution >= 0.6 is 35.6 Å². The maximum absolute atomic E-state index is 12.5. The number of amides is 1. The number of halogens is 2. The van der Waals surface area contributed by atoms with Crippen LogP contribution in [0.2, 0.25) is 5.02 Å². The second kappa shape index (κ2) is 9.22. The number of carbonyl (C=O) groups is 1. The summed E-state index contributed by atoms with van der Waals surface area (Å²) in [6.45, 7) is 2.13. The van der Waals surface area contributed by atoms with Crippen LogP contribution in [0.5, 0.6) is 0 Å². The summed E-state index contributed by atoms with van der Waals surface area (Å²) in [7, 11) is 3.55. The van der Waals surface area contributed by atoms with Crippen molar-refractivity contribution in [1.29, 1.82) is 0 Å². The van der Waals surface area contributed by atoms with E-state index in [-0.39, 0.29) is 36.4 Å². The molecule has 0 bridgehead atoms. The molecule has 3 rings (SSSR count). The molecule has 2 heterocycles. The van der Waals surface area contributed by atoms with Crippen LogP contribution in [-0.4, -0.2) is 53.2 Å². The zero-order valence-electron chi connectivity index (χ0n) is 14.7. The summed E-state index contributed by atoms with van der Waals surface area (Å²) in [5.74, 6) is 0.721. The van der Waals surface area contributed by atoms with Gasteiger partial charge in [0.05, 0.1) is 11.9 Å². The van der Waals surface area contributed by atoms with Crippen LogP contribution in [0.25, 0.3) is 0 Å². The van der Waals surface area contributed by atoms with Gasteiger partial charge in [-0.15, -0.1) is 24.0 Å². The van der Waals surface area contributed by atoms with Crippen molar-refractivity contribution in [3.63, 3.8) is 0 Å². The molecule has 9 heteroatoms. The lowest BCUT2D eigenvalue weighted by atomic mass is 10.2. The Labute approximate surface area is 175 Å². The first-order chi connectivity index (χ1) is 12.1. The summed E-state index contributed by atoms with van der Waals surface area (Å²) in [6.07, 6.45) is 3.55. The fourth-order valence-corrected chi connectivity index (χ4v) is 3.03. The van der Waals surface area contributed by atoms with Gasteiger partial charge in [0.1, 0.15) is 6.54 Å². The van der Waals surface area contributed by atoms with Crippen molar-refractivity contribution in [1.82, 2.24) is 20.0 Å². The molecule has 0 radical (unpaired) electrons. The number of piperazine rings is 1. The molecule has 26 heavy (non-hydrogen) atoms. The lowest BCUT2D eigenvalue weighted by Crippen LogP contribution is -2.55. The van der Waals surface area contributed by atoms with E-state index in [0.29, 0.717) is 30.6 Å². The molecular weight excluding hydrogens is 467 g/mol. The fraction of sp³-hybridized carbons (Fsp3) is 0.353. The monoisotopic (exact) mass is 488 g/mol. The van der Waals surface area contributed by atoms with Crippen LogP contribution in [0.1, 0.15) is 5.56 Å². The Morgan fingerprint density at radius 1 is 1.35 bits per heavy atom. The van der Waals surface area contributed by atoms with E-state index in [2.05, 4.69) is 15.4 Å². The Morgan fingerprint density at radius 3 is 2.73 bits per heavy atom. The van der Waals surface area contributed by atoms with Gasteiger partial charge in [-0.25, -0.2) is 0 Å². The van der Waals surface area contributed by atoms with Gasteiger partial charge >= 0.3 is 0 Å². The minimum absolute atomic E-state index is 0. The zero-order valence-corrected chi connectivity index (χ0v) is 17.8. The summed E-state index contributed by atoms with van der Waals surface area (Å²) in [6, 6.07) is 7.67. The highest BCUT2D eigenvalue weighted by molar-refractivity contribution is 14.0. The number of hydrogen-bond acceptors (Lipinski definition) is 3. The molecule has 2 aromatic rings. The first-order valence-corrected chi connectivity index (χ1v) is 8.44. The van der Waals surface area contributed by atoms with E-state index in [1.807, 2.05) is 42.4 Å². The number of guanidine groups is 1. The van der Waals surface area contributed by atoms with E-state index in [1.54, 1.807) is 22.8 Å². The number of carbonyl (C=O) groups excluding carboxylic acids is 1. The number of aryl methyl sites for hydroxylation is 1. The fourth-order valence-electron chi connectivity index (χ4n) is 2.82. The van der Waals surface area contributed by atoms with Crippen LogP contribution in [0.3, 0.4) is 0 Å². The molecule has 1 fully saturated rings. The van der Waals surface area contributed by atoms with Crippen LogP contribution in [0.15, 0.2) is 41.7 Å². The highest BCUT2D eigenvalue weighted by Crippen LogP contribution is 2.17. The third-order valence-corrected chi connectivity index (χ3v) is 4.50. The maximum Gasteiger partial charge on any atom is 0.246 e. The second-order valence-corrected chi connectivity index (χ2v) is 6.24. The number of nitrogens with zero attached hydrogens (tertiary/aromatic N) is 5. The minimum atomic E-state index is 0. The van der Waals surface area contributed by atoms with Gasteiger partial charge in [0.25, 0.3) is 0 Å². The lowest BCUT2D eigenvalue weighted by Gasteiger charge is -2.35. The standard InChI is InChI=1S/C17H21ClN6O.HI/c1-19-17(20-9-13-5-3-4-6-15(13)18)23-7-8-24(16(25)12-23)14-10-21-22(2)11-14;/h3-6,10-11H,7-9,12H2,1-2H3,(H,19,20);1H. The summed E-state index contributed by atoms with van der Waals surface area (Å²) in [4.78, 5) is 20.5. The van der Waals surface area contributed by atoms with Crippen molar-refractivity contribution in [3.8, 4) is 0 Å². The first kappa shape index (κ1) is 20.5. The van der Waals surface area contributed by atoms with Crippen molar-refractivity contribution >= 4 is 53.1 Å². The number of aliphatic imine (C=N–C) groups is 1. The molecule has 1 aliphatic heterocycles. The smallest absolute Gasteiger partial charge is 0.246 e. The third-order valence-electron chi connectivity index (χ3n) is 4.13. The van der Waals surface area contributed by atoms with Gasteiger partial charge in [0.2, 0.25) is 5.91 Å². The largest absolute Gasteiger partial charge is 0.352 e. The number of rotatable bonds is 3. The summed E-state index contributed by atoms with van der Waals surface area (Å²) < 4.78 is 1.69. The van der Waals surface area contributed by atoms with Gasteiger partial charge in [0, 0.05) is 44.9 Å². The number of benzene rings is 1. The molecule has 0 aliphatic carbocycles. The molecule has 140 valence electrons. The first-order valence-electron chi connectivity index (χ1n) is 8.06. The lowest BCUT2D eigenvalue weighted by molar-refractivity contribution is -0.120. The number of anilines is 1. The van der Waals surface area contributed by atoms with Gasteiger partial charge < -0.3 is 15.1 Å². The van der Waals surface area contributed by atoms with E-state index in [1.165, 1.54) is 0 Å². The van der Waals surface area contributed by atoms with Gasteiger partial charge in [0.15, 0.2) is 5.96 Å². The quantitative estimate of drug-likeness (QED) is 0.408. The predicted octanol–water partition coefficient (Wildman–Crippen LogP) is 2.12. The van der Waals surface area contributed by atoms with Crippen molar-refractivity contribution < 1.29 is 4.79 Å². The molecule has 7 nitrogen and oxygen atoms in total. The van der Waals surface area contributed by atoms with E-state index in [0.717, 1.165) is 11.3 Å². The summed E-state index contributed by atoms with van der Waals surface area (Å²) in [5.41, 5.74) is 1.82. The van der Waals surface area contributed by atoms with E-state index < -0.39 is 0 Å². The zero-order chi connectivity index (χ0) is 17.8. The molecule has 0 saturated carbocycles. The van der Waals surface area contributed by atoms with Crippen molar-refractivity contribution in [2.24, 2.45) is 12.0 Å². The molecule has 1 saturated heterocycles. The van der Waals surface area contributed by atoms with Crippen LogP contribution in [-0.2, 0) is 18.4 Å². The molecule has 0 spiro atoms. The van der Waals surface area contributed by atoms with Crippen molar-refractivity contribution in [2.75, 3.05) is 31.6 Å². The molecule has 1 N–H and O–H groups in total. The van der Waals surface area contributed by atoms with Crippen LogP contribution in [0, 0.1) is 0 Å². The SMILES string of the molecule is CN=C(NCc1ccccc1Cl)N1CCN(c2cnn(C)c2)C(=O)C1.I. The van der Waals surface area contributed by atoms with E-state index >= 15 is 0 Å². The Balaban J connectivity index is 0.00000243. The highest BCUT2D eigenvalue weighted by Gasteiger charge is 2.27. The number of nitrogens with one attached hydrogen (secondary N) is 1. The Bertz CT molecular complexity index is 793. The average molecular weight is 489 g/mol. The van der Waals surface area contributed by atoms with Crippen molar-refractivity contribution in [2.45, 2.75) is 6.54 Å². The normalized spacial score (nSPS) is 15.0. The Kier molecular flexibility index (Phi) is 7.27. The Hall–Kier alpha value is -1.81. The number of hydrogen-bond donors (Lipinski definition) is 1. The topological polar surface area (TPSA) is 65.8 Å². The molecule has 1 aliphatic rings. The maximum atomic E-state index is 12.5. The summed E-state index contributed by atoms with van der Waals surface area (Å²) in [5, 5.41) is 8.12. The molecule has 1 aromatic carbocycles. The van der Waals surface area contributed by atoms with E-state index in [4.69, 9.17) is 11.6 Å². The second-order valence-electron chi connectivity index (χ2n) is 5.83. The molecule has 0 unspecified atom stereocenters. The average Bonchev–Trinajstić information content (AvgIpc) is 3.03. The highest BCUT2D eigenvalue weighted by atomic mass is 127. The van der Waals surface area contributed by atoms with E-state index in [9.17, 15) is 4.79 Å². The van der Waals surface area contributed by atoms with Crippen LogP contribution < -0.4 is 10.2 Å². The number of aromatic nitrogens is 2. The van der Waals surface area contributed by atoms with Crippen LogP contribution in [0.4, 0.5) is 5.69 Å². The van der Waals surface area contributed by atoms with Crippen molar-refractivity contribution in [3.05, 3.63) is 47.2 Å². The van der Waals surface area contributed by atoms with Gasteiger partial charge in [-0.05, 0) is 11.6 Å². The third kappa shape index (κ3) is 4.67.